The predicted molar refractivity (Wildman–Crippen MR) is 386 cm³/mol. The molecule has 3 aromatic heterocycles. The normalized spacial score (nSPS) is 12.2. The number of hydrogen-bond acceptors (Lipinski definition) is 9. The summed E-state index contributed by atoms with van der Waals surface area (Å²) < 4.78 is 0. The van der Waals surface area contributed by atoms with E-state index in [1.807, 2.05) is 203 Å². The van der Waals surface area contributed by atoms with Crippen molar-refractivity contribution in [1.29, 1.82) is 0 Å². The zero-order valence-corrected chi connectivity index (χ0v) is 54.0. The number of nitrogens with two attached hydrogens (primary N) is 3. The number of hydrogen-bond donors (Lipinski definition) is 12. The van der Waals surface area contributed by atoms with Gasteiger partial charge in [-0.05, 0) is 162 Å². The van der Waals surface area contributed by atoms with E-state index >= 15 is 0 Å². The number of nitrogens with one attached hydrogen (secondary N) is 9. The molecule has 488 valence electrons. The summed E-state index contributed by atoms with van der Waals surface area (Å²) >= 11 is 0. The molecule has 12 aromatic rings. The number of carbonyl (C=O) groups is 6. The molecule has 3 atom stereocenters. The van der Waals surface area contributed by atoms with E-state index in [-0.39, 0.29) is 56.2 Å². The van der Waals surface area contributed by atoms with Crippen LogP contribution in [0, 0.1) is 20.8 Å². The van der Waals surface area contributed by atoms with E-state index in [0.717, 1.165) is 99.9 Å². The van der Waals surface area contributed by atoms with Crippen molar-refractivity contribution in [2.24, 2.45) is 0 Å². The second kappa shape index (κ2) is 29.0. The van der Waals surface area contributed by atoms with E-state index in [1.54, 1.807) is 36.4 Å². The first-order valence-electron chi connectivity index (χ1n) is 32.3. The number of H-pyrrole nitrogens is 3. The van der Waals surface area contributed by atoms with Crippen molar-refractivity contribution in [3.63, 3.8) is 0 Å². The lowest BCUT2D eigenvalue weighted by atomic mass is 9.85. The van der Waals surface area contributed by atoms with E-state index in [2.05, 4.69) is 46.9 Å². The van der Waals surface area contributed by atoms with E-state index in [9.17, 15) is 28.8 Å². The quantitative estimate of drug-likeness (QED) is 0.0202. The highest BCUT2D eigenvalue weighted by atomic mass is 16.2. The van der Waals surface area contributed by atoms with Crippen molar-refractivity contribution >= 4 is 102 Å². The van der Waals surface area contributed by atoms with Crippen LogP contribution in [-0.2, 0) is 67.3 Å². The molecule has 0 unspecified atom stereocenters. The summed E-state index contributed by atoms with van der Waals surface area (Å²) in [6.07, 6.45) is 0.777. The maximum Gasteiger partial charge on any atom is 0.247 e. The Kier molecular flexibility index (Phi) is 19.4. The Labute approximate surface area is 561 Å². The first-order chi connectivity index (χ1) is 46.9. The van der Waals surface area contributed by atoms with Crippen LogP contribution in [-0.4, -0.2) is 68.5 Å². The number of aromatic nitrogens is 3. The van der Waals surface area contributed by atoms with Gasteiger partial charge in [0.25, 0.3) is 0 Å². The molecular weight excluding hydrogens is 1210 g/mol. The number of aryl methyl sites for hydroxylation is 3. The molecule has 3 heterocycles. The van der Waals surface area contributed by atoms with E-state index in [1.165, 1.54) is 0 Å². The molecule has 15 N–H and O–H groups in total. The minimum atomic E-state index is -0.954. The summed E-state index contributed by atoms with van der Waals surface area (Å²) in [6, 6.07) is 64.5. The highest BCUT2D eigenvalue weighted by Gasteiger charge is 2.28. The molecule has 0 fully saturated rings. The number of carbonyl (C=O) groups excluding carboxylic acids is 6. The van der Waals surface area contributed by atoms with Crippen LogP contribution >= 0.6 is 0 Å². The van der Waals surface area contributed by atoms with Crippen molar-refractivity contribution in [3.05, 3.63) is 286 Å². The Hall–Kier alpha value is -12.2. The smallest absolute Gasteiger partial charge is 0.247 e. The van der Waals surface area contributed by atoms with Crippen molar-refractivity contribution in [2.75, 3.05) is 33.2 Å². The topological polar surface area (TPSA) is 300 Å². The molecule has 0 radical (unpaired) electrons. The number of aromatic amines is 3. The van der Waals surface area contributed by atoms with Gasteiger partial charge < -0.3 is 64.1 Å². The van der Waals surface area contributed by atoms with Crippen LogP contribution in [0.2, 0.25) is 0 Å². The maximum absolute atomic E-state index is 14.4. The summed E-state index contributed by atoms with van der Waals surface area (Å²) in [7, 11) is 0. The second-order valence-corrected chi connectivity index (χ2v) is 24.8. The molecule has 0 aliphatic carbocycles. The summed E-state index contributed by atoms with van der Waals surface area (Å²) in [5.74, 6) is -2.63. The van der Waals surface area contributed by atoms with Gasteiger partial charge in [0.05, 0.1) is 19.3 Å². The van der Waals surface area contributed by atoms with Gasteiger partial charge in [0, 0.05) is 109 Å². The van der Waals surface area contributed by atoms with E-state index in [0.29, 0.717) is 34.1 Å². The Bertz CT molecular complexity index is 4360. The predicted octanol–water partition coefficient (Wildman–Crippen LogP) is 11.7. The van der Waals surface area contributed by atoms with Crippen molar-refractivity contribution in [3.8, 4) is 0 Å². The van der Waals surface area contributed by atoms with Gasteiger partial charge in [-0.2, -0.15) is 0 Å². The number of benzene rings is 9. The number of rotatable bonds is 24. The van der Waals surface area contributed by atoms with Gasteiger partial charge in [-0.15, -0.1) is 0 Å². The fourth-order valence-corrected chi connectivity index (χ4v) is 12.7. The van der Waals surface area contributed by atoms with Gasteiger partial charge in [-0.25, -0.2) is 0 Å². The molecule has 6 amide bonds. The van der Waals surface area contributed by atoms with Crippen LogP contribution in [0.5, 0.6) is 0 Å². The third-order valence-corrected chi connectivity index (χ3v) is 17.8. The van der Waals surface area contributed by atoms with Gasteiger partial charge in [0.1, 0.15) is 18.1 Å². The minimum Gasteiger partial charge on any atom is -0.399 e. The van der Waals surface area contributed by atoms with Crippen LogP contribution in [0.4, 0.5) is 34.1 Å². The van der Waals surface area contributed by atoms with Crippen LogP contribution in [0.1, 0.15) is 73.1 Å². The van der Waals surface area contributed by atoms with Crippen LogP contribution in [0.15, 0.2) is 218 Å². The Morgan fingerprint density at radius 1 is 0.330 bits per heavy atom. The lowest BCUT2D eigenvalue weighted by Gasteiger charge is -2.22. The molecule has 18 nitrogen and oxygen atoms in total. The average molecular weight is 1290 g/mol. The number of anilines is 6. The maximum atomic E-state index is 14.4. The average Bonchev–Trinajstić information content (AvgIpc) is 1.39. The van der Waals surface area contributed by atoms with Gasteiger partial charge in [0.2, 0.25) is 35.4 Å². The molecule has 12 rings (SSSR count). The Morgan fingerprint density at radius 3 is 0.835 bits per heavy atom. The number of fused-ring (bicyclic) bond motifs is 3. The number of para-hydroxylation sites is 3. The Balaban J connectivity index is 0.806. The summed E-state index contributed by atoms with van der Waals surface area (Å²) in [6.45, 7) is 5.79. The molecule has 97 heavy (non-hydrogen) atoms. The van der Waals surface area contributed by atoms with Crippen LogP contribution < -0.4 is 49.1 Å². The number of amides is 6. The third-order valence-electron chi connectivity index (χ3n) is 17.8. The zero-order valence-electron chi connectivity index (χ0n) is 54.0. The van der Waals surface area contributed by atoms with Gasteiger partial charge >= 0.3 is 0 Å². The molecule has 0 bridgehead atoms. The summed E-state index contributed by atoms with van der Waals surface area (Å²) in [4.78, 5) is 95.2. The standard InChI is InChI=1S/C79H76N12O6/c1-46-64(61-10-4-7-13-67(61)83-46)43-73(92)89-70(40-49-16-28-55(80)29-17-49)77(95)86-58-34-22-52(23-35-58)76(53-24-36-59(37-25-53)87-78(96)71(41-50-18-30-56(81)31-19-50)90-74(93)44-65-47(2)84-68-14-8-5-11-62(65)68)54-26-38-60(39-27-54)88-79(97)72(42-51-20-32-57(82)33-21-51)91-75(94)45-66-48(3)85-69-15-9-6-12-63(66)69/h4-39,70-72,76,83-85H,40-45,80-82H2,1-3H3,(H,86,95)(H,87,96)(H,88,97)(H,89,92)(H,90,93)(H,91,94)/t70-,71-,72-/m0/s1. The van der Waals surface area contributed by atoms with E-state index < -0.39 is 41.8 Å². The fraction of sp³-hybridized carbons (Fsp3) is 0.165. The molecule has 0 spiro atoms. The first-order valence-corrected chi connectivity index (χ1v) is 32.3. The van der Waals surface area contributed by atoms with Crippen molar-refractivity contribution in [2.45, 2.75) is 83.3 Å². The van der Waals surface area contributed by atoms with Gasteiger partial charge in [0.15, 0.2) is 0 Å². The molecular formula is C79H76N12O6. The van der Waals surface area contributed by atoms with Crippen molar-refractivity contribution < 1.29 is 28.8 Å². The lowest BCUT2D eigenvalue weighted by Crippen LogP contribution is -2.45. The minimum absolute atomic E-state index is 0.0599. The monoisotopic (exact) mass is 1290 g/mol. The lowest BCUT2D eigenvalue weighted by molar-refractivity contribution is -0.126. The third kappa shape index (κ3) is 15.7. The molecule has 18 heteroatoms. The molecule has 9 aromatic carbocycles. The highest BCUT2D eigenvalue weighted by Crippen LogP contribution is 2.35. The molecule has 0 aliphatic rings. The first kappa shape index (κ1) is 64.9. The highest BCUT2D eigenvalue weighted by molar-refractivity contribution is 6.01. The van der Waals surface area contributed by atoms with Gasteiger partial charge in [-0.1, -0.05) is 127 Å². The molecule has 0 saturated carbocycles. The van der Waals surface area contributed by atoms with Crippen molar-refractivity contribution in [1.82, 2.24) is 30.9 Å². The zero-order chi connectivity index (χ0) is 67.7. The summed E-state index contributed by atoms with van der Waals surface area (Å²) in [5, 5.41) is 21.1. The Morgan fingerprint density at radius 2 is 0.577 bits per heavy atom. The molecule has 0 saturated heterocycles. The van der Waals surface area contributed by atoms with Gasteiger partial charge in [-0.3, -0.25) is 28.8 Å². The largest absolute Gasteiger partial charge is 0.399 e. The summed E-state index contributed by atoms with van der Waals surface area (Å²) in [5.41, 5.74) is 34.1. The second-order valence-electron chi connectivity index (χ2n) is 24.8. The van der Waals surface area contributed by atoms with Crippen LogP contribution in [0.25, 0.3) is 32.7 Å². The number of nitrogen functional groups attached to an aromatic ring is 3. The SMILES string of the molecule is Cc1[nH]c2ccccc2c1CC(=O)N[C@@H](Cc1ccc(N)cc1)C(=O)Nc1ccc(C(c2ccc(NC(=O)[C@H](Cc3ccc(N)cc3)NC(=O)Cc3c(C)[nH]c4ccccc34)cc2)c2ccc(NC(=O)[C@H](Cc3ccc(N)cc3)NC(=O)Cc3c(C)[nH]c4ccccc34)cc2)cc1. The van der Waals surface area contributed by atoms with E-state index in [4.69, 9.17) is 17.2 Å². The molecule has 0 aliphatic heterocycles. The van der Waals surface area contributed by atoms with Crippen LogP contribution in [0.3, 0.4) is 0 Å². The fourth-order valence-electron chi connectivity index (χ4n) is 12.7.